The van der Waals surface area contributed by atoms with Crippen LogP contribution in [0.15, 0.2) is 24.3 Å². The van der Waals surface area contributed by atoms with Crippen molar-refractivity contribution in [3.63, 3.8) is 0 Å². The van der Waals surface area contributed by atoms with Crippen LogP contribution in [0.1, 0.15) is 37.8 Å². The van der Waals surface area contributed by atoms with E-state index in [0.29, 0.717) is 13.2 Å². The van der Waals surface area contributed by atoms with Gasteiger partial charge in [-0.1, -0.05) is 18.2 Å². The molecule has 1 aliphatic carbocycles. The zero-order valence-corrected chi connectivity index (χ0v) is 11.8. The van der Waals surface area contributed by atoms with Gasteiger partial charge in [0.15, 0.2) is 0 Å². The lowest BCUT2D eigenvalue weighted by Gasteiger charge is -2.18. The minimum Gasteiger partial charge on any atom is -0.493 e. The fourth-order valence-corrected chi connectivity index (χ4v) is 2.80. The molecule has 1 N–H and O–H groups in total. The Morgan fingerprint density at radius 2 is 2.30 bits per heavy atom. The number of hydrogen-bond donors (Lipinski definition) is 1. The Hall–Kier alpha value is -1.55. The monoisotopic (exact) mass is 275 g/mol. The molecule has 0 bridgehead atoms. The highest BCUT2D eigenvalue weighted by molar-refractivity contribution is 5.82. The van der Waals surface area contributed by atoms with Crippen LogP contribution in [0, 0.1) is 5.92 Å². The standard InChI is InChI=1S/C16H21NO3/c1-2-19-15-10-12(15)16(18)17-13-7-5-9-20-14-8-4-3-6-11(13)14/h3-4,6,8,12-13,15H,2,5,7,9-10H2,1H3,(H,17,18)/t12-,13+,15-/m1/s1. The largest absolute Gasteiger partial charge is 0.493 e. The Morgan fingerprint density at radius 1 is 1.45 bits per heavy atom. The molecule has 0 saturated heterocycles. The van der Waals surface area contributed by atoms with Gasteiger partial charge in [0.1, 0.15) is 5.75 Å². The van der Waals surface area contributed by atoms with Crippen molar-refractivity contribution in [2.45, 2.75) is 38.3 Å². The molecule has 0 spiro atoms. The average molecular weight is 275 g/mol. The molecule has 3 atom stereocenters. The van der Waals surface area contributed by atoms with Crippen molar-refractivity contribution in [1.82, 2.24) is 5.32 Å². The molecule has 1 heterocycles. The molecule has 3 rings (SSSR count). The Balaban J connectivity index is 1.67. The fourth-order valence-electron chi connectivity index (χ4n) is 2.80. The summed E-state index contributed by atoms with van der Waals surface area (Å²) in [5, 5.41) is 3.17. The highest BCUT2D eigenvalue weighted by atomic mass is 16.5. The molecule has 0 radical (unpaired) electrons. The minimum absolute atomic E-state index is 0.0336. The first-order valence-electron chi connectivity index (χ1n) is 7.43. The van der Waals surface area contributed by atoms with Crippen molar-refractivity contribution in [2.24, 2.45) is 5.92 Å². The second-order valence-electron chi connectivity index (χ2n) is 5.43. The van der Waals surface area contributed by atoms with E-state index in [1.54, 1.807) is 0 Å². The lowest BCUT2D eigenvalue weighted by atomic mass is 10.0. The van der Waals surface area contributed by atoms with E-state index in [9.17, 15) is 4.79 Å². The summed E-state index contributed by atoms with van der Waals surface area (Å²) < 4.78 is 11.2. The van der Waals surface area contributed by atoms with E-state index in [1.165, 1.54) is 0 Å². The minimum atomic E-state index is 0.0336. The number of carbonyl (C=O) groups is 1. The first-order valence-corrected chi connectivity index (χ1v) is 7.43. The highest BCUT2D eigenvalue weighted by Crippen LogP contribution is 2.36. The van der Waals surface area contributed by atoms with Gasteiger partial charge in [0.2, 0.25) is 5.91 Å². The van der Waals surface area contributed by atoms with Gasteiger partial charge < -0.3 is 14.8 Å². The molecular formula is C16H21NO3. The molecule has 1 amide bonds. The van der Waals surface area contributed by atoms with Gasteiger partial charge in [-0.25, -0.2) is 0 Å². The normalized spacial score (nSPS) is 27.9. The number of para-hydroxylation sites is 1. The van der Waals surface area contributed by atoms with Crippen LogP contribution in [0.4, 0.5) is 0 Å². The van der Waals surface area contributed by atoms with Gasteiger partial charge in [0.25, 0.3) is 0 Å². The molecule has 1 fully saturated rings. The Bertz CT molecular complexity index is 488. The molecule has 0 aromatic heterocycles. The molecule has 1 aliphatic heterocycles. The number of fused-ring (bicyclic) bond motifs is 1. The quantitative estimate of drug-likeness (QED) is 0.918. The molecule has 4 nitrogen and oxygen atoms in total. The SMILES string of the molecule is CCO[C@@H]1C[C@H]1C(=O)N[C@H]1CCCOc2ccccc21. The Morgan fingerprint density at radius 3 is 3.15 bits per heavy atom. The molecule has 1 saturated carbocycles. The number of carbonyl (C=O) groups excluding carboxylic acids is 1. The molecular weight excluding hydrogens is 254 g/mol. The lowest BCUT2D eigenvalue weighted by Crippen LogP contribution is -2.30. The first kappa shape index (κ1) is 13.4. The van der Waals surface area contributed by atoms with E-state index < -0.39 is 0 Å². The Labute approximate surface area is 119 Å². The third kappa shape index (κ3) is 2.80. The molecule has 20 heavy (non-hydrogen) atoms. The lowest BCUT2D eigenvalue weighted by molar-refractivity contribution is -0.124. The maximum atomic E-state index is 12.2. The molecule has 0 unspecified atom stereocenters. The summed E-state index contributed by atoms with van der Waals surface area (Å²) in [4.78, 5) is 12.2. The second-order valence-corrected chi connectivity index (χ2v) is 5.43. The van der Waals surface area contributed by atoms with E-state index in [2.05, 4.69) is 5.32 Å². The van der Waals surface area contributed by atoms with Gasteiger partial charge in [-0.15, -0.1) is 0 Å². The summed E-state index contributed by atoms with van der Waals surface area (Å²) in [6.45, 7) is 3.36. The van der Waals surface area contributed by atoms with Crippen LogP contribution in [-0.2, 0) is 9.53 Å². The van der Waals surface area contributed by atoms with Crippen molar-refractivity contribution in [1.29, 1.82) is 0 Å². The van der Waals surface area contributed by atoms with Gasteiger partial charge in [-0.3, -0.25) is 4.79 Å². The van der Waals surface area contributed by atoms with Crippen molar-refractivity contribution in [3.8, 4) is 5.75 Å². The van der Waals surface area contributed by atoms with Crippen molar-refractivity contribution < 1.29 is 14.3 Å². The van der Waals surface area contributed by atoms with Crippen LogP contribution in [0.5, 0.6) is 5.75 Å². The van der Waals surface area contributed by atoms with Crippen LogP contribution in [0.25, 0.3) is 0 Å². The molecule has 2 aliphatic rings. The van der Waals surface area contributed by atoms with Gasteiger partial charge in [0.05, 0.1) is 24.7 Å². The molecule has 1 aromatic carbocycles. The fraction of sp³-hybridized carbons (Fsp3) is 0.562. The summed E-state index contributed by atoms with van der Waals surface area (Å²) in [6.07, 6.45) is 2.86. The van der Waals surface area contributed by atoms with Crippen molar-refractivity contribution >= 4 is 5.91 Å². The maximum absolute atomic E-state index is 12.2. The summed E-state index contributed by atoms with van der Waals surface area (Å²) in [6, 6.07) is 8.03. The predicted octanol–water partition coefficient (Wildman–Crippen LogP) is 2.44. The zero-order chi connectivity index (χ0) is 13.9. The van der Waals surface area contributed by atoms with Gasteiger partial charge in [-0.2, -0.15) is 0 Å². The van der Waals surface area contributed by atoms with Crippen LogP contribution in [-0.4, -0.2) is 25.2 Å². The van der Waals surface area contributed by atoms with Crippen LogP contribution < -0.4 is 10.1 Å². The molecule has 1 aromatic rings. The second kappa shape index (κ2) is 5.83. The van der Waals surface area contributed by atoms with Crippen LogP contribution >= 0.6 is 0 Å². The summed E-state index contributed by atoms with van der Waals surface area (Å²) in [5.74, 6) is 1.05. The van der Waals surface area contributed by atoms with Gasteiger partial charge >= 0.3 is 0 Å². The van der Waals surface area contributed by atoms with Crippen LogP contribution in [0.3, 0.4) is 0 Å². The van der Waals surface area contributed by atoms with Crippen LogP contribution in [0.2, 0.25) is 0 Å². The number of nitrogens with one attached hydrogen (secondary N) is 1. The third-order valence-electron chi connectivity index (χ3n) is 3.96. The summed E-state index contributed by atoms with van der Waals surface area (Å²) in [7, 11) is 0. The molecule has 108 valence electrons. The maximum Gasteiger partial charge on any atom is 0.226 e. The van der Waals surface area contributed by atoms with E-state index in [-0.39, 0.29) is 24.0 Å². The van der Waals surface area contributed by atoms with Gasteiger partial charge in [0, 0.05) is 12.2 Å². The van der Waals surface area contributed by atoms with Gasteiger partial charge in [-0.05, 0) is 32.3 Å². The number of ether oxygens (including phenoxy) is 2. The first-order chi connectivity index (χ1) is 9.79. The summed E-state index contributed by atoms with van der Waals surface area (Å²) in [5.41, 5.74) is 1.09. The van der Waals surface area contributed by atoms with E-state index >= 15 is 0 Å². The van der Waals surface area contributed by atoms with E-state index in [4.69, 9.17) is 9.47 Å². The molecule has 4 heteroatoms. The summed E-state index contributed by atoms with van der Waals surface area (Å²) >= 11 is 0. The topological polar surface area (TPSA) is 47.6 Å². The number of benzene rings is 1. The third-order valence-corrected chi connectivity index (χ3v) is 3.96. The predicted molar refractivity (Wildman–Crippen MR) is 75.6 cm³/mol. The number of amides is 1. The smallest absolute Gasteiger partial charge is 0.226 e. The van der Waals surface area contributed by atoms with E-state index in [1.807, 2.05) is 31.2 Å². The average Bonchev–Trinajstić information content (AvgIpc) is 3.24. The van der Waals surface area contributed by atoms with Crippen molar-refractivity contribution in [2.75, 3.05) is 13.2 Å². The number of rotatable bonds is 4. The highest BCUT2D eigenvalue weighted by Gasteiger charge is 2.44. The zero-order valence-electron chi connectivity index (χ0n) is 11.8. The van der Waals surface area contributed by atoms with E-state index in [0.717, 1.165) is 30.6 Å². The Kier molecular flexibility index (Phi) is 3.92. The van der Waals surface area contributed by atoms with Crippen molar-refractivity contribution in [3.05, 3.63) is 29.8 Å². The number of hydrogen-bond acceptors (Lipinski definition) is 3.